The zero-order valence-electron chi connectivity index (χ0n) is 48.8. The number of Topliss-reactive ketones (excluding diaryl/α,β-unsaturated/α-hetero) is 4. The van der Waals surface area contributed by atoms with Crippen molar-refractivity contribution in [2.75, 3.05) is 54.6 Å². The maximum Gasteiger partial charge on any atom is 0.255 e. The minimum absolute atomic E-state index is 0.0416. The van der Waals surface area contributed by atoms with Crippen molar-refractivity contribution >= 4 is 52.7 Å². The number of ether oxygens (including phenoxy) is 4. The van der Waals surface area contributed by atoms with Crippen molar-refractivity contribution in [3.63, 3.8) is 0 Å². The molecule has 0 radical (unpaired) electrons. The van der Waals surface area contributed by atoms with Crippen LogP contribution in [0.5, 0.6) is 23.0 Å². The topological polar surface area (TPSA) is 404 Å². The molecule has 0 aliphatic rings. The highest BCUT2D eigenvalue weighted by atomic mass is 16.5. The molecule has 0 saturated carbocycles. The Labute approximate surface area is 491 Å². The van der Waals surface area contributed by atoms with E-state index < -0.39 is 47.8 Å². The van der Waals surface area contributed by atoms with Crippen molar-refractivity contribution in [1.29, 1.82) is 0 Å². The lowest BCUT2D eigenvalue weighted by Crippen LogP contribution is -2.42. The number of benzene rings is 4. The van der Waals surface area contributed by atoms with Gasteiger partial charge >= 0.3 is 0 Å². The minimum atomic E-state index is -1.03. The number of nitrogens with zero attached hydrogens (tertiary/aromatic N) is 1. The van der Waals surface area contributed by atoms with Gasteiger partial charge in [-0.15, -0.1) is 0 Å². The molecule has 17 N–H and O–H groups in total. The predicted octanol–water partition coefficient (Wildman–Crippen LogP) is 2.82. The summed E-state index contributed by atoms with van der Waals surface area (Å²) in [6.45, 7) is 1.52. The van der Waals surface area contributed by atoms with Gasteiger partial charge in [0, 0.05) is 25.7 Å². The number of primary amides is 1. The SMILES string of the molecule is COc1ccc(CC(=O)[C@H](CCCCN)NC(=O)c2cc(CC(=O)[C@H](CCCCN)NC(=O)c3cc(CC(=O)[C@H](CCCCN)NC(=O)c4cc(CC(=O)[C@H](CCCCN)N=C(N)N)ccc4OC)ccc3OC)ccc2OC)cc1C(N)=O. The van der Waals surface area contributed by atoms with E-state index in [1.165, 1.54) is 58.8 Å². The Morgan fingerprint density at radius 3 is 0.940 bits per heavy atom. The van der Waals surface area contributed by atoms with Gasteiger partial charge in [0.15, 0.2) is 29.1 Å². The number of unbranched alkanes of at least 4 members (excludes halogenated alkanes) is 4. The van der Waals surface area contributed by atoms with E-state index in [0.717, 1.165) is 0 Å². The number of carbonyl (C=O) groups is 8. The molecule has 4 atom stereocenters. The van der Waals surface area contributed by atoms with E-state index in [9.17, 15) is 38.4 Å². The smallest absolute Gasteiger partial charge is 0.255 e. The van der Waals surface area contributed by atoms with Crippen LogP contribution in [0.2, 0.25) is 0 Å². The van der Waals surface area contributed by atoms with E-state index in [-0.39, 0.29) is 119 Å². The lowest BCUT2D eigenvalue weighted by Gasteiger charge is -2.21. The molecule has 0 aliphatic carbocycles. The zero-order valence-corrected chi connectivity index (χ0v) is 48.8. The number of nitrogens with two attached hydrogens (primary N) is 7. The number of nitrogens with one attached hydrogen (secondary N) is 3. The van der Waals surface area contributed by atoms with Crippen molar-refractivity contribution in [3.05, 3.63) is 117 Å². The summed E-state index contributed by atoms with van der Waals surface area (Å²) in [5.74, 6) is -3.41. The van der Waals surface area contributed by atoms with Gasteiger partial charge in [-0.3, -0.25) is 38.4 Å². The van der Waals surface area contributed by atoms with Gasteiger partial charge in [-0.2, -0.15) is 0 Å². The molecule has 456 valence electrons. The monoisotopic (exact) mass is 1160 g/mol. The van der Waals surface area contributed by atoms with Gasteiger partial charge in [-0.1, -0.05) is 24.3 Å². The molecule has 0 spiro atoms. The van der Waals surface area contributed by atoms with Gasteiger partial charge in [0.05, 0.1) is 68.8 Å². The van der Waals surface area contributed by atoms with Crippen LogP contribution in [0.1, 0.15) is 141 Å². The number of hydrogen-bond donors (Lipinski definition) is 10. The fourth-order valence-electron chi connectivity index (χ4n) is 9.56. The van der Waals surface area contributed by atoms with E-state index in [0.29, 0.717) is 106 Å². The largest absolute Gasteiger partial charge is 0.496 e. The maximum absolute atomic E-state index is 14.3. The van der Waals surface area contributed by atoms with E-state index in [2.05, 4.69) is 20.9 Å². The van der Waals surface area contributed by atoms with Gasteiger partial charge in [0.2, 0.25) is 0 Å². The normalized spacial score (nSPS) is 12.4. The third kappa shape index (κ3) is 21.2. The van der Waals surface area contributed by atoms with Gasteiger partial charge in [0.1, 0.15) is 29.0 Å². The van der Waals surface area contributed by atoms with E-state index in [1.54, 1.807) is 42.5 Å². The highest BCUT2D eigenvalue weighted by Gasteiger charge is 2.29. The first-order valence-corrected chi connectivity index (χ1v) is 28.2. The lowest BCUT2D eigenvalue weighted by atomic mass is 9.95. The van der Waals surface area contributed by atoms with Crippen LogP contribution in [0, 0.1) is 0 Å². The molecule has 0 bridgehead atoms. The molecule has 0 aromatic heterocycles. The summed E-state index contributed by atoms with van der Waals surface area (Å²) in [7, 11) is 5.56. The zero-order chi connectivity index (χ0) is 61.7. The Morgan fingerprint density at radius 1 is 0.393 bits per heavy atom. The molecule has 0 heterocycles. The molecular weight excluding hydrogens is 1080 g/mol. The number of hydrogen-bond acceptors (Lipinski definition) is 17. The molecular formula is C61H85N11O12. The standard InChI is InChI=1S/C61H85N11O12/c1-81-53-21-17-37(29-41(53)57(66)77)33-49(73)45(13-5-9-25-62)69-58(78)42-30-38(18-22-54(42)82-2)34-50(74)46(14-6-10-26-63)70-59(79)43-31-39(19-23-55(43)83-3)35-51(75)47(15-7-11-27-64)71-60(80)44-32-40(20-24-56(44)84-4)36-52(76)48(72-61(67)68)16-8-12-28-65/h17-24,29-32,45-48H,5-16,25-28,33-36,62-65H2,1-4H3,(H2,66,77)(H,69,78)(H,70,79)(H,71,80)(H4,67,68,72)/t45-,46-,47-,48-/m0/s1. The molecule has 23 nitrogen and oxygen atoms in total. The molecule has 0 fully saturated rings. The van der Waals surface area contributed by atoms with Crippen LogP contribution in [0.4, 0.5) is 0 Å². The van der Waals surface area contributed by atoms with Crippen molar-refractivity contribution in [3.8, 4) is 23.0 Å². The second-order valence-electron chi connectivity index (χ2n) is 20.4. The Bertz CT molecular complexity index is 2930. The molecule has 4 rings (SSSR count). The summed E-state index contributed by atoms with van der Waals surface area (Å²) in [6, 6.07) is 14.9. The summed E-state index contributed by atoms with van der Waals surface area (Å²) in [6.07, 6.45) is 5.01. The van der Waals surface area contributed by atoms with E-state index in [4.69, 9.17) is 59.1 Å². The van der Waals surface area contributed by atoms with E-state index >= 15 is 0 Å². The van der Waals surface area contributed by atoms with Crippen LogP contribution in [0.3, 0.4) is 0 Å². The number of aliphatic imine (C=N–C) groups is 1. The van der Waals surface area contributed by atoms with Crippen LogP contribution in [0.25, 0.3) is 0 Å². The molecule has 84 heavy (non-hydrogen) atoms. The maximum atomic E-state index is 14.3. The molecule has 23 heteroatoms. The molecule has 4 amide bonds. The first-order valence-electron chi connectivity index (χ1n) is 28.2. The van der Waals surface area contributed by atoms with Gasteiger partial charge < -0.3 is 75.0 Å². The summed E-state index contributed by atoms with van der Waals surface area (Å²) in [5, 5.41) is 8.60. The average molecular weight is 1160 g/mol. The Morgan fingerprint density at radius 2 is 0.667 bits per heavy atom. The molecule has 0 unspecified atom stereocenters. The van der Waals surface area contributed by atoms with Gasteiger partial charge in [-0.05, 0) is 174 Å². The average Bonchev–Trinajstić information content (AvgIpc) is 3.56. The van der Waals surface area contributed by atoms with Crippen LogP contribution >= 0.6 is 0 Å². The number of rotatable bonds is 40. The third-order valence-corrected chi connectivity index (χ3v) is 14.1. The fraction of sp³-hybridized carbons (Fsp3) is 0.459. The number of carbonyl (C=O) groups excluding carboxylic acids is 8. The Hall–Kier alpha value is -8.25. The number of guanidine groups is 1. The van der Waals surface area contributed by atoms with Crippen LogP contribution in [-0.4, -0.2) is 132 Å². The first kappa shape index (κ1) is 68.3. The first-order chi connectivity index (χ1) is 40.3. The number of amides is 4. The second kappa shape index (κ2) is 35.7. The Kier molecular flexibility index (Phi) is 29.0. The van der Waals surface area contributed by atoms with Crippen LogP contribution in [0.15, 0.2) is 77.8 Å². The molecule has 0 aliphatic heterocycles. The van der Waals surface area contributed by atoms with Crippen LogP contribution < -0.4 is 75.0 Å². The summed E-state index contributed by atoms with van der Waals surface area (Å²) >= 11 is 0. The predicted molar refractivity (Wildman–Crippen MR) is 320 cm³/mol. The molecule has 4 aromatic carbocycles. The summed E-state index contributed by atoms with van der Waals surface area (Å²) in [5.41, 5.74) is 42.0. The quantitative estimate of drug-likeness (QED) is 0.0174. The van der Waals surface area contributed by atoms with Gasteiger partial charge in [0.25, 0.3) is 23.6 Å². The van der Waals surface area contributed by atoms with E-state index in [1.807, 2.05) is 0 Å². The van der Waals surface area contributed by atoms with Crippen molar-refractivity contribution in [2.45, 2.75) is 127 Å². The highest BCUT2D eigenvalue weighted by Crippen LogP contribution is 2.27. The minimum Gasteiger partial charge on any atom is -0.496 e. The molecule has 0 saturated heterocycles. The lowest BCUT2D eigenvalue weighted by molar-refractivity contribution is -0.121. The fourth-order valence-corrected chi connectivity index (χ4v) is 9.56. The van der Waals surface area contributed by atoms with Crippen molar-refractivity contribution < 1.29 is 57.3 Å². The summed E-state index contributed by atoms with van der Waals surface area (Å²) in [4.78, 5) is 115. The number of ketones is 4. The second-order valence-corrected chi connectivity index (χ2v) is 20.4. The summed E-state index contributed by atoms with van der Waals surface area (Å²) < 4.78 is 21.9. The highest BCUT2D eigenvalue weighted by molar-refractivity contribution is 6.04. The van der Waals surface area contributed by atoms with Gasteiger partial charge in [-0.25, -0.2) is 4.99 Å². The van der Waals surface area contributed by atoms with Crippen molar-refractivity contribution in [1.82, 2.24) is 16.0 Å². The van der Waals surface area contributed by atoms with Crippen LogP contribution in [-0.2, 0) is 44.9 Å². The third-order valence-electron chi connectivity index (χ3n) is 14.1. The Balaban J connectivity index is 1.56. The van der Waals surface area contributed by atoms with Crippen molar-refractivity contribution in [2.24, 2.45) is 45.1 Å². The molecule has 4 aromatic rings. The number of methoxy groups -OCH3 is 4.